The molecule has 0 radical (unpaired) electrons. The van der Waals surface area contributed by atoms with E-state index < -0.39 is 10.8 Å². The Bertz CT molecular complexity index is 1180. The van der Waals surface area contributed by atoms with Crippen molar-refractivity contribution in [2.45, 2.75) is 13.8 Å². The van der Waals surface area contributed by atoms with Crippen LogP contribution in [0.5, 0.6) is 0 Å². The van der Waals surface area contributed by atoms with Crippen LogP contribution in [0.4, 0.5) is 10.8 Å². The Morgan fingerprint density at radius 2 is 1.94 bits per heavy atom. The molecule has 0 atom stereocenters. The second-order valence-corrected chi connectivity index (χ2v) is 9.32. The van der Waals surface area contributed by atoms with Crippen molar-refractivity contribution >= 4 is 62.3 Å². The molecule has 11 heteroatoms. The number of rotatable bonds is 6. The van der Waals surface area contributed by atoms with Crippen molar-refractivity contribution in [2.24, 2.45) is 0 Å². The summed E-state index contributed by atoms with van der Waals surface area (Å²) in [6.07, 6.45) is 0. The number of anilines is 1. The average molecular weight is 510 g/mol. The van der Waals surface area contributed by atoms with Gasteiger partial charge in [-0.15, -0.1) is 12.4 Å². The number of carbonyl (C=O) groups is 1. The van der Waals surface area contributed by atoms with E-state index in [4.69, 9.17) is 16.6 Å². The maximum absolute atomic E-state index is 12.4. The van der Waals surface area contributed by atoms with Gasteiger partial charge >= 0.3 is 0 Å². The summed E-state index contributed by atoms with van der Waals surface area (Å²) in [6, 6.07) is 8.19. The van der Waals surface area contributed by atoms with E-state index in [1.165, 1.54) is 34.0 Å². The molecular formula is C22H25Cl2N5O3S. The smallest absolute Gasteiger partial charge is 0.270 e. The van der Waals surface area contributed by atoms with E-state index >= 15 is 0 Å². The van der Waals surface area contributed by atoms with Crippen LogP contribution in [0.3, 0.4) is 0 Å². The predicted molar refractivity (Wildman–Crippen MR) is 135 cm³/mol. The number of halogens is 2. The number of piperazine rings is 1. The molecule has 8 nitrogen and oxygen atoms in total. The lowest BCUT2D eigenvalue weighted by molar-refractivity contribution is -0.384. The van der Waals surface area contributed by atoms with Crippen LogP contribution < -0.4 is 10.2 Å². The van der Waals surface area contributed by atoms with Crippen molar-refractivity contribution in [2.75, 3.05) is 44.2 Å². The van der Waals surface area contributed by atoms with E-state index in [0.717, 1.165) is 36.8 Å². The lowest BCUT2D eigenvalue weighted by Gasteiger charge is -2.34. The molecule has 0 bridgehead atoms. The molecule has 1 aliphatic rings. The molecule has 0 saturated carbocycles. The van der Waals surface area contributed by atoms with Crippen LogP contribution in [0.2, 0.25) is 5.02 Å². The topological polar surface area (TPSA) is 91.6 Å². The first-order chi connectivity index (χ1) is 15.3. The molecule has 33 heavy (non-hydrogen) atoms. The monoisotopic (exact) mass is 509 g/mol. The number of aryl methyl sites for hydroxylation is 2. The molecule has 0 aliphatic carbocycles. The highest BCUT2D eigenvalue weighted by Crippen LogP contribution is 2.32. The van der Waals surface area contributed by atoms with Crippen LogP contribution in [0.15, 0.2) is 30.3 Å². The Morgan fingerprint density at radius 1 is 1.21 bits per heavy atom. The van der Waals surface area contributed by atoms with Gasteiger partial charge in [-0.25, -0.2) is 4.98 Å². The van der Waals surface area contributed by atoms with Crippen molar-refractivity contribution in [3.8, 4) is 0 Å². The second kappa shape index (κ2) is 10.6. The molecule has 0 unspecified atom stereocenters. The fourth-order valence-electron chi connectivity index (χ4n) is 3.89. The average Bonchev–Trinajstić information content (AvgIpc) is 3.18. The van der Waals surface area contributed by atoms with E-state index in [0.29, 0.717) is 13.1 Å². The van der Waals surface area contributed by atoms with E-state index in [1.807, 2.05) is 0 Å². The molecule has 1 aliphatic heterocycles. The molecule has 1 N–H and O–H groups in total. The summed E-state index contributed by atoms with van der Waals surface area (Å²) in [6.45, 7) is 8.87. The van der Waals surface area contributed by atoms with Gasteiger partial charge in [-0.3, -0.25) is 19.8 Å². The Labute approximate surface area is 207 Å². The highest BCUT2D eigenvalue weighted by Gasteiger charge is 2.21. The quantitative estimate of drug-likeness (QED) is 0.389. The number of hydrogen-bond acceptors (Lipinski definition) is 7. The standard InChI is InChI=1S/C22H24ClN5O3S.ClH/c1-14-11-15(2)20-19(12-14)25-22(32-20)27-9-7-26(8-10-27)6-5-24-21(29)17-13-16(28(30)31)3-4-18(17)23;/h3-4,11-13H,5-10H2,1-2H3,(H,24,29);1H. The summed E-state index contributed by atoms with van der Waals surface area (Å²) in [5.74, 6) is -0.405. The molecule has 2 aromatic carbocycles. The van der Waals surface area contributed by atoms with Gasteiger partial charge in [0, 0.05) is 51.4 Å². The Hall–Kier alpha value is -2.46. The van der Waals surface area contributed by atoms with E-state index in [1.54, 1.807) is 11.3 Å². The minimum Gasteiger partial charge on any atom is -0.351 e. The van der Waals surface area contributed by atoms with Crippen LogP contribution in [0.1, 0.15) is 21.5 Å². The number of benzene rings is 2. The van der Waals surface area contributed by atoms with Crippen molar-refractivity contribution in [3.63, 3.8) is 0 Å². The number of non-ortho nitro benzene ring substituents is 1. The van der Waals surface area contributed by atoms with Gasteiger partial charge in [0.25, 0.3) is 11.6 Å². The Balaban J connectivity index is 0.00000306. The van der Waals surface area contributed by atoms with Gasteiger partial charge in [0.15, 0.2) is 5.13 Å². The van der Waals surface area contributed by atoms with Gasteiger partial charge in [-0.05, 0) is 37.1 Å². The van der Waals surface area contributed by atoms with Gasteiger partial charge in [-0.1, -0.05) is 29.0 Å². The molecule has 176 valence electrons. The van der Waals surface area contributed by atoms with Gasteiger partial charge in [0.2, 0.25) is 0 Å². The first kappa shape index (κ1) is 25.2. The minimum absolute atomic E-state index is 0. The molecule has 1 saturated heterocycles. The van der Waals surface area contributed by atoms with Crippen LogP contribution in [-0.4, -0.2) is 60.0 Å². The first-order valence-electron chi connectivity index (χ1n) is 10.4. The number of nitro groups is 1. The summed E-state index contributed by atoms with van der Waals surface area (Å²) in [5.41, 5.74) is 3.52. The van der Waals surface area contributed by atoms with E-state index in [-0.39, 0.29) is 28.7 Å². The lowest BCUT2D eigenvalue weighted by atomic mass is 10.1. The van der Waals surface area contributed by atoms with Crippen LogP contribution in [0, 0.1) is 24.0 Å². The summed E-state index contributed by atoms with van der Waals surface area (Å²) in [7, 11) is 0. The summed E-state index contributed by atoms with van der Waals surface area (Å²) >= 11 is 7.78. The molecule has 2 heterocycles. The minimum atomic E-state index is -0.541. The zero-order valence-corrected chi connectivity index (χ0v) is 20.7. The molecular weight excluding hydrogens is 485 g/mol. The van der Waals surface area contributed by atoms with Crippen molar-refractivity contribution in [3.05, 3.63) is 62.2 Å². The van der Waals surface area contributed by atoms with Crippen LogP contribution in [0.25, 0.3) is 10.2 Å². The largest absolute Gasteiger partial charge is 0.351 e. The Morgan fingerprint density at radius 3 is 2.64 bits per heavy atom. The highest BCUT2D eigenvalue weighted by molar-refractivity contribution is 7.22. The number of aromatic nitrogens is 1. The Kier molecular flexibility index (Phi) is 8.12. The molecule has 1 fully saturated rings. The second-order valence-electron chi connectivity index (χ2n) is 7.93. The molecule has 0 spiro atoms. The number of nitrogens with one attached hydrogen (secondary N) is 1. The third-order valence-electron chi connectivity index (χ3n) is 5.57. The SMILES string of the molecule is Cc1cc(C)c2sc(N3CCN(CCNC(=O)c4cc([N+](=O)[O-])ccc4Cl)CC3)nc2c1.Cl. The number of thiazole rings is 1. The predicted octanol–water partition coefficient (Wildman–Crippen LogP) is 4.45. The molecule has 1 amide bonds. The molecule has 3 aromatic rings. The lowest BCUT2D eigenvalue weighted by Crippen LogP contribution is -2.48. The van der Waals surface area contributed by atoms with E-state index in [2.05, 4.69) is 41.1 Å². The summed E-state index contributed by atoms with van der Waals surface area (Å²) in [5, 5.41) is 15.0. The number of fused-ring (bicyclic) bond motifs is 1. The van der Waals surface area contributed by atoms with Crippen LogP contribution >= 0.6 is 35.3 Å². The normalized spacial score (nSPS) is 14.2. The molecule has 4 rings (SSSR count). The van der Waals surface area contributed by atoms with Crippen molar-refractivity contribution < 1.29 is 9.72 Å². The van der Waals surface area contributed by atoms with Gasteiger partial charge < -0.3 is 10.2 Å². The van der Waals surface area contributed by atoms with Crippen molar-refractivity contribution in [1.82, 2.24) is 15.2 Å². The third-order valence-corrected chi connectivity index (χ3v) is 7.17. The van der Waals surface area contributed by atoms with Gasteiger partial charge in [0.1, 0.15) is 0 Å². The third kappa shape index (κ3) is 5.73. The van der Waals surface area contributed by atoms with Gasteiger partial charge in [0.05, 0.1) is 25.7 Å². The fraction of sp³-hybridized carbons (Fsp3) is 0.364. The number of nitrogens with zero attached hydrogens (tertiary/aromatic N) is 4. The highest BCUT2D eigenvalue weighted by atomic mass is 35.5. The zero-order valence-electron chi connectivity index (χ0n) is 18.3. The molecule has 1 aromatic heterocycles. The number of hydrogen-bond donors (Lipinski definition) is 1. The zero-order chi connectivity index (χ0) is 22.8. The van der Waals surface area contributed by atoms with Gasteiger partial charge in [-0.2, -0.15) is 0 Å². The maximum atomic E-state index is 12.4. The first-order valence-corrected chi connectivity index (χ1v) is 11.6. The number of nitro benzene ring substituents is 1. The van der Waals surface area contributed by atoms with E-state index in [9.17, 15) is 14.9 Å². The number of amides is 1. The van der Waals surface area contributed by atoms with Crippen molar-refractivity contribution in [1.29, 1.82) is 0 Å². The fourth-order valence-corrected chi connectivity index (χ4v) is 5.16. The maximum Gasteiger partial charge on any atom is 0.270 e. The summed E-state index contributed by atoms with van der Waals surface area (Å²) in [4.78, 5) is 32.2. The number of carbonyl (C=O) groups excluding carboxylic acids is 1. The van der Waals surface area contributed by atoms with Crippen LogP contribution in [-0.2, 0) is 0 Å². The summed E-state index contributed by atoms with van der Waals surface area (Å²) < 4.78 is 1.25.